The van der Waals surface area contributed by atoms with E-state index in [-0.39, 0.29) is 24.9 Å². The van der Waals surface area contributed by atoms with Crippen molar-refractivity contribution in [3.63, 3.8) is 0 Å². The van der Waals surface area contributed by atoms with Crippen LogP contribution < -0.4 is 10.6 Å². The van der Waals surface area contributed by atoms with Crippen molar-refractivity contribution >= 4 is 40.3 Å². The van der Waals surface area contributed by atoms with Gasteiger partial charge in [-0.1, -0.05) is 50.6 Å². The Kier molecular flexibility index (Phi) is 8.90. The normalized spacial score (nSPS) is 12.7. The van der Waals surface area contributed by atoms with Crippen molar-refractivity contribution in [2.75, 3.05) is 17.6 Å². The predicted molar refractivity (Wildman–Crippen MR) is 150 cm³/mol. The molecule has 192 valence electrons. The molecule has 0 spiro atoms. The summed E-state index contributed by atoms with van der Waals surface area (Å²) in [6.45, 7) is 4.55. The molecule has 3 N–H and O–H groups in total. The topological polar surface area (TPSA) is 91.6 Å². The van der Waals surface area contributed by atoms with Gasteiger partial charge >= 0.3 is 5.97 Å². The van der Waals surface area contributed by atoms with Gasteiger partial charge in [-0.3, -0.25) is 9.59 Å². The Balaban J connectivity index is 1.35. The minimum atomic E-state index is -0.934. The lowest BCUT2D eigenvalue weighted by Gasteiger charge is -2.25. The van der Waals surface area contributed by atoms with Crippen LogP contribution in [0.3, 0.4) is 0 Å². The number of hydrogen-bond acceptors (Lipinski definition) is 5. The van der Waals surface area contributed by atoms with Gasteiger partial charge in [0.05, 0.1) is 6.42 Å². The molecule has 0 bridgehead atoms. The highest BCUT2D eigenvalue weighted by Crippen LogP contribution is 2.30. The number of fused-ring (bicyclic) bond motifs is 1. The highest BCUT2D eigenvalue weighted by molar-refractivity contribution is 7.99. The summed E-state index contributed by atoms with van der Waals surface area (Å²) >= 11 is 1.81. The molecule has 0 fully saturated rings. The van der Waals surface area contributed by atoms with Crippen molar-refractivity contribution in [1.82, 2.24) is 5.32 Å². The molecule has 0 aliphatic carbocycles. The first-order chi connectivity index (χ1) is 17.9. The molecule has 2 atom stereocenters. The average molecular weight is 517 g/mol. The van der Waals surface area contributed by atoms with Gasteiger partial charge in [0, 0.05) is 45.4 Å². The van der Waals surface area contributed by atoms with Gasteiger partial charge in [0.1, 0.15) is 11.3 Å². The average Bonchev–Trinajstić information content (AvgIpc) is 3.35. The number of amides is 1. The number of benzene rings is 3. The van der Waals surface area contributed by atoms with Gasteiger partial charge in [0.15, 0.2) is 0 Å². The Morgan fingerprint density at radius 2 is 1.73 bits per heavy atom. The minimum Gasteiger partial charge on any atom is -0.481 e. The lowest BCUT2D eigenvalue weighted by atomic mass is 10.0. The highest BCUT2D eigenvalue weighted by atomic mass is 32.2. The van der Waals surface area contributed by atoms with Crippen LogP contribution in [0.25, 0.3) is 22.3 Å². The van der Waals surface area contributed by atoms with E-state index in [1.165, 1.54) is 4.90 Å². The fraction of sp³-hybridized carbons (Fsp3) is 0.267. The summed E-state index contributed by atoms with van der Waals surface area (Å²) < 4.78 is 5.99. The van der Waals surface area contributed by atoms with Crippen LogP contribution in [0.5, 0.6) is 0 Å². The maximum Gasteiger partial charge on any atom is 0.305 e. The van der Waals surface area contributed by atoms with Crippen LogP contribution >= 0.6 is 11.8 Å². The van der Waals surface area contributed by atoms with E-state index in [4.69, 9.17) is 9.52 Å². The Hall–Kier alpha value is -3.71. The smallest absolute Gasteiger partial charge is 0.305 e. The minimum absolute atomic E-state index is 0.0950. The van der Waals surface area contributed by atoms with E-state index < -0.39 is 5.97 Å². The Morgan fingerprint density at radius 1 is 1.00 bits per heavy atom. The fourth-order valence-electron chi connectivity index (χ4n) is 3.98. The van der Waals surface area contributed by atoms with Gasteiger partial charge < -0.3 is 20.2 Å². The molecule has 1 amide bonds. The maximum atomic E-state index is 12.2. The molecule has 0 aliphatic rings. The van der Waals surface area contributed by atoms with Crippen LogP contribution in [0, 0.1) is 5.92 Å². The van der Waals surface area contributed by atoms with Crippen molar-refractivity contribution in [3.8, 4) is 11.3 Å². The summed E-state index contributed by atoms with van der Waals surface area (Å²) in [5.41, 5.74) is 3.41. The molecule has 2 unspecified atom stereocenters. The molecule has 1 aromatic heterocycles. The number of nitrogens with one attached hydrogen (secondary N) is 2. The second-order valence-electron chi connectivity index (χ2n) is 9.10. The SMILES string of the molecule is CCC(C)C(CSc1ccc(-c2cc3ccccc3o2)cc1)Nc1ccc(C(=O)NCCC(=O)O)cc1. The van der Waals surface area contributed by atoms with Gasteiger partial charge in [0.2, 0.25) is 0 Å². The Labute approximate surface area is 221 Å². The molecule has 7 heteroatoms. The summed E-state index contributed by atoms with van der Waals surface area (Å²) in [7, 11) is 0. The molecule has 4 rings (SSSR count). The van der Waals surface area contributed by atoms with Crippen molar-refractivity contribution in [2.24, 2.45) is 5.92 Å². The molecular formula is C30H32N2O4S. The van der Waals surface area contributed by atoms with Gasteiger partial charge in [-0.05, 0) is 54.4 Å². The number of carbonyl (C=O) groups excluding carboxylic acids is 1. The standard InChI is InChI=1S/C30H32N2O4S/c1-3-20(2)26(32-24-12-8-22(9-13-24)30(35)31-17-16-29(33)34)19-37-25-14-10-21(11-15-25)28-18-23-6-4-5-7-27(23)36-28/h4-15,18,20,26,32H,3,16-17,19H2,1-2H3,(H,31,35)(H,33,34). The number of furan rings is 1. The monoisotopic (exact) mass is 516 g/mol. The second kappa shape index (κ2) is 12.5. The van der Waals surface area contributed by atoms with Crippen LogP contribution in [0.15, 0.2) is 88.2 Å². The number of anilines is 1. The first kappa shape index (κ1) is 26.4. The first-order valence-corrected chi connectivity index (χ1v) is 13.5. The molecule has 1 heterocycles. The molecule has 0 saturated carbocycles. The van der Waals surface area contributed by atoms with Crippen molar-refractivity contribution in [1.29, 1.82) is 0 Å². The lowest BCUT2D eigenvalue weighted by Crippen LogP contribution is -2.29. The Bertz CT molecular complexity index is 1300. The molecule has 37 heavy (non-hydrogen) atoms. The fourth-order valence-corrected chi connectivity index (χ4v) is 5.09. The van der Waals surface area contributed by atoms with E-state index in [9.17, 15) is 9.59 Å². The maximum absolute atomic E-state index is 12.2. The zero-order valence-electron chi connectivity index (χ0n) is 21.1. The third kappa shape index (κ3) is 7.17. The van der Waals surface area contributed by atoms with E-state index in [0.29, 0.717) is 11.5 Å². The second-order valence-corrected chi connectivity index (χ2v) is 10.2. The number of rotatable bonds is 12. The van der Waals surface area contributed by atoms with Gasteiger partial charge in [-0.2, -0.15) is 0 Å². The zero-order valence-corrected chi connectivity index (χ0v) is 21.9. The van der Waals surface area contributed by atoms with E-state index in [0.717, 1.165) is 40.2 Å². The number of aliphatic carboxylic acids is 1. The Morgan fingerprint density at radius 3 is 2.41 bits per heavy atom. The van der Waals surface area contributed by atoms with Crippen LogP contribution in [0.4, 0.5) is 5.69 Å². The summed E-state index contributed by atoms with van der Waals surface area (Å²) in [5.74, 6) is 1.03. The van der Waals surface area contributed by atoms with E-state index >= 15 is 0 Å². The molecule has 0 saturated heterocycles. The van der Waals surface area contributed by atoms with Gasteiger partial charge in [-0.25, -0.2) is 0 Å². The van der Waals surface area contributed by atoms with Crippen LogP contribution in [-0.2, 0) is 4.79 Å². The lowest BCUT2D eigenvalue weighted by molar-refractivity contribution is -0.136. The third-order valence-electron chi connectivity index (χ3n) is 6.45. The molecule has 3 aromatic carbocycles. The third-order valence-corrected chi connectivity index (χ3v) is 7.58. The number of carboxylic acids is 1. The number of hydrogen-bond donors (Lipinski definition) is 3. The predicted octanol–water partition coefficient (Wildman–Crippen LogP) is 6.92. The molecule has 4 aromatic rings. The molecular weight excluding hydrogens is 484 g/mol. The quantitative estimate of drug-likeness (QED) is 0.177. The molecule has 6 nitrogen and oxygen atoms in total. The van der Waals surface area contributed by atoms with E-state index in [1.807, 2.05) is 42.1 Å². The first-order valence-electron chi connectivity index (χ1n) is 12.5. The number of para-hydroxylation sites is 1. The van der Waals surface area contributed by atoms with E-state index in [1.54, 1.807) is 12.1 Å². The van der Waals surface area contributed by atoms with Crippen molar-refractivity contribution in [2.45, 2.75) is 37.6 Å². The van der Waals surface area contributed by atoms with Crippen molar-refractivity contribution in [3.05, 3.63) is 84.4 Å². The van der Waals surface area contributed by atoms with Gasteiger partial charge in [0.25, 0.3) is 5.91 Å². The molecule has 0 radical (unpaired) electrons. The van der Waals surface area contributed by atoms with Crippen molar-refractivity contribution < 1.29 is 19.1 Å². The number of carboxylic acid groups (broad SMARTS) is 1. The van der Waals surface area contributed by atoms with E-state index in [2.05, 4.69) is 60.9 Å². The summed E-state index contributed by atoms with van der Waals surface area (Å²) in [6.07, 6.45) is 0.954. The van der Waals surface area contributed by atoms with Gasteiger partial charge in [-0.15, -0.1) is 11.8 Å². The zero-order chi connectivity index (χ0) is 26.2. The summed E-state index contributed by atoms with van der Waals surface area (Å²) in [6, 6.07) is 26.2. The highest BCUT2D eigenvalue weighted by Gasteiger charge is 2.17. The van der Waals surface area contributed by atoms with Crippen LogP contribution in [0.1, 0.15) is 37.0 Å². The van der Waals surface area contributed by atoms with Crippen LogP contribution in [-0.4, -0.2) is 35.3 Å². The summed E-state index contributed by atoms with van der Waals surface area (Å²) in [4.78, 5) is 24.0. The molecule has 0 aliphatic heterocycles. The summed E-state index contributed by atoms with van der Waals surface area (Å²) in [5, 5.41) is 16.1. The largest absolute Gasteiger partial charge is 0.481 e. The van der Waals surface area contributed by atoms with Crippen LogP contribution in [0.2, 0.25) is 0 Å². The number of carbonyl (C=O) groups is 2. The number of thioether (sulfide) groups is 1.